The van der Waals surface area contributed by atoms with E-state index in [4.69, 9.17) is 0 Å². The minimum atomic E-state index is -6.94. The van der Waals surface area contributed by atoms with Crippen molar-refractivity contribution >= 4 is 0 Å². The zero-order chi connectivity index (χ0) is 18.7. The number of hydrogen-bond donors (Lipinski definition) is 1. The van der Waals surface area contributed by atoms with Crippen molar-refractivity contribution in [3.63, 3.8) is 0 Å². The summed E-state index contributed by atoms with van der Waals surface area (Å²) in [6.07, 6.45) is -5.72. The largest absolute Gasteiger partial charge is 0.460 e. The van der Waals surface area contributed by atoms with Gasteiger partial charge in [0, 0.05) is 18.3 Å². The highest BCUT2D eigenvalue weighted by atomic mass is 19.4. The van der Waals surface area contributed by atoms with Crippen LogP contribution in [0.25, 0.3) is 0 Å². The molecule has 0 atom stereocenters. The Morgan fingerprint density at radius 2 is 1.39 bits per heavy atom. The lowest BCUT2D eigenvalue weighted by molar-refractivity contribution is -0.389. The van der Waals surface area contributed by atoms with Gasteiger partial charge in [0.2, 0.25) is 0 Å². The molecule has 0 aliphatic heterocycles. The van der Waals surface area contributed by atoms with Crippen LogP contribution in [0, 0.1) is 0 Å². The second-order valence-corrected chi connectivity index (χ2v) is 4.84. The number of allylic oxidation sites excluding steroid dienone is 2. The van der Waals surface area contributed by atoms with Gasteiger partial charge in [-0.15, -0.1) is 0 Å². The monoisotopic (exact) mass is 358 g/mol. The van der Waals surface area contributed by atoms with Gasteiger partial charge >= 0.3 is 23.9 Å². The maximum absolute atomic E-state index is 13.5. The molecular formula is C12H15F9N2. The van der Waals surface area contributed by atoms with Crippen LogP contribution in [-0.2, 0) is 0 Å². The van der Waals surface area contributed by atoms with E-state index in [9.17, 15) is 39.5 Å². The molecule has 136 valence electrons. The lowest BCUT2D eigenvalue weighted by Gasteiger charge is -2.34. The zero-order valence-electron chi connectivity index (χ0n) is 12.1. The molecule has 23 heavy (non-hydrogen) atoms. The average molecular weight is 358 g/mol. The molecule has 0 radical (unpaired) electrons. The van der Waals surface area contributed by atoms with E-state index in [1.807, 2.05) is 0 Å². The van der Waals surface area contributed by atoms with Gasteiger partial charge in [-0.2, -0.15) is 39.5 Å². The fraction of sp³-hybridized carbons (Fsp3) is 0.667. The van der Waals surface area contributed by atoms with Crippen molar-refractivity contribution in [2.75, 3.05) is 20.6 Å². The summed E-state index contributed by atoms with van der Waals surface area (Å²) in [6.45, 7) is 0.301. The number of nitrogens with zero attached hydrogens (tertiary/aromatic N) is 1. The Morgan fingerprint density at radius 1 is 0.913 bits per heavy atom. The lowest BCUT2D eigenvalue weighted by atomic mass is 9.96. The highest BCUT2D eigenvalue weighted by molar-refractivity contribution is 5.30. The summed E-state index contributed by atoms with van der Waals surface area (Å²) >= 11 is 0. The first kappa shape index (κ1) is 21.6. The van der Waals surface area contributed by atoms with Crippen molar-refractivity contribution in [3.8, 4) is 0 Å². The van der Waals surface area contributed by atoms with Crippen LogP contribution in [0.1, 0.15) is 6.42 Å². The zero-order valence-corrected chi connectivity index (χ0v) is 12.1. The summed E-state index contributed by atoms with van der Waals surface area (Å²) in [5.74, 6) is -19.5. The van der Waals surface area contributed by atoms with Crippen LogP contribution in [-0.4, -0.2) is 49.5 Å². The third kappa shape index (κ3) is 4.33. The van der Waals surface area contributed by atoms with Crippen LogP contribution in [0.4, 0.5) is 39.5 Å². The topological polar surface area (TPSA) is 29.3 Å². The van der Waals surface area contributed by atoms with Gasteiger partial charge in [-0.1, -0.05) is 12.2 Å². The van der Waals surface area contributed by atoms with E-state index < -0.39 is 29.5 Å². The predicted molar refractivity (Wildman–Crippen MR) is 65.5 cm³/mol. The van der Waals surface area contributed by atoms with Crippen molar-refractivity contribution in [2.24, 2.45) is 5.73 Å². The summed E-state index contributed by atoms with van der Waals surface area (Å²) in [4.78, 5) is 1.60. The smallest absolute Gasteiger partial charge is 0.404 e. The van der Waals surface area contributed by atoms with E-state index in [-0.39, 0.29) is 12.6 Å². The molecule has 0 aliphatic rings. The molecule has 0 heterocycles. The van der Waals surface area contributed by atoms with Crippen LogP contribution in [0.5, 0.6) is 0 Å². The van der Waals surface area contributed by atoms with Gasteiger partial charge in [-0.05, 0) is 20.5 Å². The normalized spacial score (nSPS) is 15.7. The minimum absolute atomic E-state index is 0.0572. The van der Waals surface area contributed by atoms with Crippen LogP contribution >= 0.6 is 0 Å². The summed E-state index contributed by atoms with van der Waals surface area (Å²) in [5.41, 5.74) is 2.84. The second-order valence-electron chi connectivity index (χ2n) is 4.84. The summed E-state index contributed by atoms with van der Waals surface area (Å²) in [6, 6.07) is 0. The average Bonchev–Trinajstić information content (AvgIpc) is 2.36. The fourth-order valence-corrected chi connectivity index (χ4v) is 1.36. The molecule has 0 rings (SSSR count). The highest BCUT2D eigenvalue weighted by Crippen LogP contribution is 2.55. The number of alkyl halides is 9. The van der Waals surface area contributed by atoms with E-state index in [2.05, 4.69) is 5.73 Å². The van der Waals surface area contributed by atoms with E-state index >= 15 is 0 Å². The van der Waals surface area contributed by atoms with E-state index in [0.29, 0.717) is 12.6 Å². The quantitative estimate of drug-likeness (QED) is 0.554. The summed E-state index contributed by atoms with van der Waals surface area (Å²) in [7, 11) is 3.22. The molecule has 0 bridgehead atoms. The molecule has 0 saturated carbocycles. The third-order valence-electron chi connectivity index (χ3n) is 2.73. The molecule has 0 aromatic rings. The molecule has 0 amide bonds. The SMILES string of the molecule is CN(C)CC/C=C\C(=C/N)C(F)(F)C(F)(F)C(F)(F)C(F)(F)F. The van der Waals surface area contributed by atoms with Crippen molar-refractivity contribution < 1.29 is 39.5 Å². The van der Waals surface area contributed by atoms with Crippen molar-refractivity contribution in [1.82, 2.24) is 4.90 Å². The Kier molecular flexibility index (Phi) is 6.59. The first-order valence-electron chi connectivity index (χ1n) is 6.06. The molecule has 0 aromatic carbocycles. The van der Waals surface area contributed by atoms with E-state index in [0.717, 1.165) is 6.08 Å². The Bertz CT molecular complexity index is 450. The van der Waals surface area contributed by atoms with Crippen LogP contribution in [0.2, 0.25) is 0 Å². The molecule has 0 saturated heterocycles. The van der Waals surface area contributed by atoms with Gasteiger partial charge in [-0.3, -0.25) is 0 Å². The Labute approximate surface area is 126 Å². The predicted octanol–water partition coefficient (Wildman–Crippen LogP) is 3.81. The van der Waals surface area contributed by atoms with Gasteiger partial charge in [0.25, 0.3) is 0 Å². The number of halogens is 9. The molecule has 2 nitrogen and oxygen atoms in total. The molecule has 2 N–H and O–H groups in total. The van der Waals surface area contributed by atoms with Crippen molar-refractivity contribution in [2.45, 2.75) is 30.4 Å². The van der Waals surface area contributed by atoms with Crippen LogP contribution < -0.4 is 5.73 Å². The Morgan fingerprint density at radius 3 is 1.74 bits per heavy atom. The summed E-state index contributed by atoms with van der Waals surface area (Å²) in [5, 5.41) is 0. The molecule has 0 spiro atoms. The van der Waals surface area contributed by atoms with Crippen molar-refractivity contribution in [3.05, 3.63) is 23.9 Å². The molecule has 0 fully saturated rings. The first-order chi connectivity index (χ1) is 10.1. The maximum atomic E-state index is 13.5. The summed E-state index contributed by atoms with van der Waals surface area (Å²) < 4.78 is 115. The van der Waals surface area contributed by atoms with Gasteiger partial charge in [0.15, 0.2) is 0 Å². The number of nitrogens with two attached hydrogens (primary N) is 1. The van der Waals surface area contributed by atoms with Gasteiger partial charge in [0.05, 0.1) is 0 Å². The van der Waals surface area contributed by atoms with Crippen LogP contribution in [0.15, 0.2) is 23.9 Å². The van der Waals surface area contributed by atoms with E-state index in [1.165, 1.54) is 0 Å². The molecule has 0 unspecified atom stereocenters. The third-order valence-corrected chi connectivity index (χ3v) is 2.73. The maximum Gasteiger partial charge on any atom is 0.460 e. The highest BCUT2D eigenvalue weighted by Gasteiger charge is 2.82. The number of rotatable bonds is 7. The minimum Gasteiger partial charge on any atom is -0.404 e. The Hall–Kier alpha value is -1.39. The van der Waals surface area contributed by atoms with Gasteiger partial charge < -0.3 is 10.6 Å². The molecule has 11 heteroatoms. The molecular weight excluding hydrogens is 343 g/mol. The standard InChI is InChI=1S/C12H15F9N2/c1-23(2)6-4-3-5-8(7-22)9(13,14)10(15,16)11(17,18)12(19,20)21/h3,5,7H,4,6,22H2,1-2H3/b5-3-,8-7+. The van der Waals surface area contributed by atoms with E-state index in [1.54, 1.807) is 19.0 Å². The molecule has 0 aliphatic carbocycles. The fourth-order valence-electron chi connectivity index (χ4n) is 1.36. The number of hydrogen-bond acceptors (Lipinski definition) is 2. The van der Waals surface area contributed by atoms with Crippen LogP contribution in [0.3, 0.4) is 0 Å². The molecule has 0 aromatic heterocycles. The Balaban J connectivity index is 5.57. The first-order valence-corrected chi connectivity index (χ1v) is 6.06. The van der Waals surface area contributed by atoms with Gasteiger partial charge in [0.1, 0.15) is 0 Å². The lowest BCUT2D eigenvalue weighted by Crippen LogP contribution is -2.61. The second kappa shape index (κ2) is 7.02. The van der Waals surface area contributed by atoms with Gasteiger partial charge in [-0.25, -0.2) is 0 Å². The van der Waals surface area contributed by atoms with Crippen molar-refractivity contribution in [1.29, 1.82) is 0 Å².